The van der Waals surface area contributed by atoms with Crippen LogP contribution in [-0.2, 0) is 23.0 Å². The first-order valence-corrected chi connectivity index (χ1v) is 12.8. The number of alkyl halides is 3. The minimum atomic E-state index is -4.49. The highest BCUT2D eigenvalue weighted by Crippen LogP contribution is 2.43. The largest absolute Gasteiger partial charge is 0.416 e. The van der Waals surface area contributed by atoms with E-state index in [1.54, 1.807) is 30.5 Å². The summed E-state index contributed by atoms with van der Waals surface area (Å²) >= 11 is 1.29. The van der Waals surface area contributed by atoms with Gasteiger partial charge in [-0.1, -0.05) is 6.07 Å². The van der Waals surface area contributed by atoms with Gasteiger partial charge >= 0.3 is 6.18 Å². The molecule has 0 bridgehead atoms. The number of hydrogen-bond acceptors (Lipinski definition) is 8. The lowest BCUT2D eigenvalue weighted by molar-refractivity contribution is -0.137. The molecule has 1 amide bonds. The molecule has 3 heterocycles. The number of benzene rings is 1. The van der Waals surface area contributed by atoms with Crippen molar-refractivity contribution in [1.82, 2.24) is 20.4 Å². The van der Waals surface area contributed by atoms with Crippen LogP contribution in [0.15, 0.2) is 54.9 Å². The summed E-state index contributed by atoms with van der Waals surface area (Å²) in [4.78, 5) is 30.6. The Kier molecular flexibility index (Phi) is 7.10. The summed E-state index contributed by atoms with van der Waals surface area (Å²) in [5.41, 5.74) is 3.52. The van der Waals surface area contributed by atoms with Crippen LogP contribution < -0.4 is 10.8 Å². The Hall–Kier alpha value is -3.87. The van der Waals surface area contributed by atoms with E-state index >= 15 is 0 Å². The number of hydroxylamine groups is 1. The van der Waals surface area contributed by atoms with E-state index in [9.17, 15) is 23.1 Å². The number of aryl methyl sites for hydroxylation is 2. The van der Waals surface area contributed by atoms with Gasteiger partial charge in [-0.05, 0) is 79.3 Å². The third-order valence-corrected chi connectivity index (χ3v) is 7.59. The maximum Gasteiger partial charge on any atom is 0.416 e. The number of aliphatic hydroxyl groups is 1. The molecule has 1 aromatic carbocycles. The zero-order chi connectivity index (χ0) is 27.8. The van der Waals surface area contributed by atoms with Crippen molar-refractivity contribution in [3.8, 4) is 10.6 Å². The molecule has 3 N–H and O–H groups in total. The van der Waals surface area contributed by atoms with Crippen LogP contribution in [0.4, 0.5) is 24.8 Å². The molecular weight excluding hydrogens is 531 g/mol. The third kappa shape index (κ3) is 5.49. The number of hydrogen-bond donors (Lipinski definition) is 3. The van der Waals surface area contributed by atoms with Gasteiger partial charge in [0, 0.05) is 18.0 Å². The van der Waals surface area contributed by atoms with Crippen molar-refractivity contribution in [2.75, 3.05) is 12.4 Å². The van der Waals surface area contributed by atoms with Gasteiger partial charge in [0.1, 0.15) is 22.2 Å². The molecule has 1 unspecified atom stereocenters. The Morgan fingerprint density at radius 3 is 2.72 bits per heavy atom. The summed E-state index contributed by atoms with van der Waals surface area (Å²) in [5, 5.41) is 15.1. The maximum absolute atomic E-state index is 13.1. The minimum Gasteiger partial charge on any atom is -0.378 e. The van der Waals surface area contributed by atoms with Crippen LogP contribution in [0, 0.1) is 6.92 Å². The molecule has 1 aliphatic carbocycles. The number of carbonyl (C=O) groups is 1. The average Bonchev–Trinajstić information content (AvgIpc) is 3.40. The van der Waals surface area contributed by atoms with E-state index in [1.807, 2.05) is 13.0 Å². The van der Waals surface area contributed by atoms with Crippen molar-refractivity contribution in [2.45, 2.75) is 38.0 Å². The highest BCUT2D eigenvalue weighted by atomic mass is 32.1. The molecule has 1 aliphatic rings. The van der Waals surface area contributed by atoms with Crippen LogP contribution in [0.1, 0.15) is 50.5 Å². The number of rotatable bonds is 6. The number of carbonyl (C=O) groups excluding carboxylic acids is 1. The van der Waals surface area contributed by atoms with Gasteiger partial charge < -0.3 is 10.4 Å². The predicted octanol–water partition coefficient (Wildman–Crippen LogP) is 5.53. The Morgan fingerprint density at radius 2 is 1.95 bits per heavy atom. The van der Waals surface area contributed by atoms with E-state index in [1.165, 1.54) is 18.4 Å². The zero-order valence-electron chi connectivity index (χ0n) is 21.0. The van der Waals surface area contributed by atoms with Crippen molar-refractivity contribution < 1.29 is 27.9 Å². The highest BCUT2D eigenvalue weighted by Gasteiger charge is 2.39. The monoisotopic (exact) mass is 555 g/mol. The third-order valence-electron chi connectivity index (χ3n) is 6.42. The molecule has 5 rings (SSSR count). The normalized spacial score (nSPS) is 17.0. The maximum atomic E-state index is 13.1. The number of anilines is 2. The van der Waals surface area contributed by atoms with Gasteiger partial charge in [0.05, 0.1) is 23.2 Å². The van der Waals surface area contributed by atoms with Crippen molar-refractivity contribution in [1.29, 1.82) is 0 Å². The van der Waals surface area contributed by atoms with Gasteiger partial charge in [-0.25, -0.2) is 20.4 Å². The average molecular weight is 556 g/mol. The molecule has 12 heteroatoms. The topological polar surface area (TPSA) is 109 Å². The molecule has 0 spiro atoms. The van der Waals surface area contributed by atoms with Crippen LogP contribution >= 0.6 is 11.3 Å². The summed E-state index contributed by atoms with van der Waals surface area (Å²) in [6.45, 7) is 1.85. The summed E-state index contributed by atoms with van der Waals surface area (Å²) in [6, 6.07) is 10.5. The van der Waals surface area contributed by atoms with E-state index in [0.717, 1.165) is 29.5 Å². The number of aromatic nitrogens is 3. The fraction of sp³-hybridized carbons (Fsp3) is 0.259. The SMILES string of the molecule is CONC(=O)c1ccc2c(c1)CCCC2(O)c1ncc(-c2cc(C)cc(Nc3cc(C(F)(F)F)ccn3)n2)s1. The molecule has 202 valence electrons. The van der Waals surface area contributed by atoms with Crippen LogP contribution in [0.5, 0.6) is 0 Å². The first kappa shape index (κ1) is 26.7. The van der Waals surface area contributed by atoms with Gasteiger partial charge in [0.25, 0.3) is 5.91 Å². The number of fused-ring (bicyclic) bond motifs is 1. The number of thiazole rings is 1. The number of halogens is 3. The lowest BCUT2D eigenvalue weighted by Crippen LogP contribution is -2.32. The fourth-order valence-corrected chi connectivity index (χ4v) is 5.65. The molecule has 0 radical (unpaired) electrons. The van der Waals surface area contributed by atoms with Crippen molar-refractivity contribution in [3.05, 3.63) is 87.7 Å². The Labute approximate surface area is 225 Å². The molecule has 0 aliphatic heterocycles. The van der Waals surface area contributed by atoms with Crippen molar-refractivity contribution >= 4 is 28.9 Å². The molecule has 0 saturated carbocycles. The predicted molar refractivity (Wildman–Crippen MR) is 139 cm³/mol. The highest BCUT2D eigenvalue weighted by molar-refractivity contribution is 7.15. The van der Waals surface area contributed by atoms with Crippen LogP contribution in [-0.4, -0.2) is 33.1 Å². The standard InChI is InChI=1S/C27H24F3N5O3S/c1-15-10-20(33-23(11-15)34-22-13-18(7-9-31-22)27(28,29)30)21-14-32-25(39-21)26(37)8-3-4-16-12-17(5-6-19(16)26)24(36)35-38-2/h5-7,9-14,37H,3-4,8H2,1-2H3,(H,35,36)(H,31,33,34). The van der Waals surface area contributed by atoms with E-state index in [-0.39, 0.29) is 11.7 Å². The quantitative estimate of drug-likeness (QED) is 0.268. The second-order valence-corrected chi connectivity index (χ2v) is 10.2. The van der Waals surface area contributed by atoms with E-state index in [4.69, 9.17) is 4.84 Å². The second-order valence-electron chi connectivity index (χ2n) is 9.22. The summed E-state index contributed by atoms with van der Waals surface area (Å²) in [6.07, 6.45) is 0.107. The molecule has 3 aromatic heterocycles. The Morgan fingerprint density at radius 1 is 1.13 bits per heavy atom. The molecule has 0 saturated heterocycles. The lowest BCUT2D eigenvalue weighted by Gasteiger charge is -2.33. The first-order valence-electron chi connectivity index (χ1n) is 12.0. The number of pyridine rings is 2. The molecule has 8 nitrogen and oxygen atoms in total. The number of nitrogens with one attached hydrogen (secondary N) is 2. The second kappa shape index (κ2) is 10.4. The van der Waals surface area contributed by atoms with E-state index in [0.29, 0.717) is 51.8 Å². The molecule has 4 aromatic rings. The van der Waals surface area contributed by atoms with Crippen molar-refractivity contribution in [2.24, 2.45) is 0 Å². The van der Waals surface area contributed by atoms with Crippen molar-refractivity contribution in [3.63, 3.8) is 0 Å². The Balaban J connectivity index is 1.44. The molecule has 39 heavy (non-hydrogen) atoms. The minimum absolute atomic E-state index is 0.0190. The molecule has 0 fully saturated rings. The summed E-state index contributed by atoms with van der Waals surface area (Å²) in [7, 11) is 1.36. The number of nitrogens with zero attached hydrogens (tertiary/aromatic N) is 3. The smallest absolute Gasteiger partial charge is 0.378 e. The van der Waals surface area contributed by atoms with E-state index < -0.39 is 17.3 Å². The zero-order valence-corrected chi connectivity index (χ0v) is 21.8. The van der Waals surface area contributed by atoms with Gasteiger partial charge in [0.15, 0.2) is 0 Å². The molecular formula is C27H24F3N5O3S. The fourth-order valence-electron chi connectivity index (χ4n) is 4.64. The molecule has 1 atom stereocenters. The summed E-state index contributed by atoms with van der Waals surface area (Å²) < 4.78 is 39.3. The van der Waals surface area contributed by atoms with Crippen LogP contribution in [0.25, 0.3) is 10.6 Å². The first-order chi connectivity index (χ1) is 18.6. The van der Waals surface area contributed by atoms with E-state index in [2.05, 4.69) is 25.7 Å². The van der Waals surface area contributed by atoms with Gasteiger partial charge in [-0.2, -0.15) is 13.2 Å². The Bertz CT molecular complexity index is 1540. The number of amides is 1. The lowest BCUT2D eigenvalue weighted by atomic mass is 9.79. The summed E-state index contributed by atoms with van der Waals surface area (Å²) in [5.74, 6) is -0.0258. The van der Waals surface area contributed by atoms with Gasteiger partial charge in [0.2, 0.25) is 0 Å². The van der Waals surface area contributed by atoms with Crippen LogP contribution in [0.2, 0.25) is 0 Å². The van der Waals surface area contributed by atoms with Crippen LogP contribution in [0.3, 0.4) is 0 Å². The van der Waals surface area contributed by atoms with Gasteiger partial charge in [-0.15, -0.1) is 11.3 Å². The van der Waals surface area contributed by atoms with Gasteiger partial charge in [-0.3, -0.25) is 9.63 Å².